The molecule has 0 aliphatic carbocycles. The largest absolute Gasteiger partial charge is 0.352 e. The molecule has 6 nitrogen and oxygen atoms in total. The number of hydrogen-bond donors (Lipinski definition) is 2. The van der Waals surface area contributed by atoms with Crippen LogP contribution in [0.1, 0.15) is 39.0 Å². The van der Waals surface area contributed by atoms with E-state index in [1.54, 1.807) is 4.31 Å². The Labute approximate surface area is 121 Å². The Balaban J connectivity index is 1.78. The second-order valence-electron chi connectivity index (χ2n) is 5.65. The Morgan fingerprint density at radius 2 is 2.00 bits per heavy atom. The fraction of sp³-hybridized carbons (Fsp3) is 0.923. The van der Waals surface area contributed by atoms with E-state index >= 15 is 0 Å². The first-order valence-corrected chi connectivity index (χ1v) is 9.15. The van der Waals surface area contributed by atoms with Crippen molar-refractivity contribution in [3.63, 3.8) is 0 Å². The molecule has 20 heavy (non-hydrogen) atoms. The lowest BCUT2D eigenvalue weighted by Gasteiger charge is -2.32. The monoisotopic (exact) mass is 303 g/mol. The Hall–Kier alpha value is -0.660. The molecule has 2 fully saturated rings. The molecule has 2 saturated heterocycles. The summed E-state index contributed by atoms with van der Waals surface area (Å²) in [6, 6.07) is 0.0508. The van der Waals surface area contributed by atoms with Crippen molar-refractivity contribution in [2.75, 3.05) is 25.4 Å². The van der Waals surface area contributed by atoms with Crippen LogP contribution in [0.2, 0.25) is 0 Å². The smallest absolute Gasteiger partial charge is 0.237 e. The van der Waals surface area contributed by atoms with E-state index in [0.717, 1.165) is 19.4 Å². The molecular weight excluding hydrogens is 278 g/mol. The summed E-state index contributed by atoms with van der Waals surface area (Å²) in [5.41, 5.74) is 0. The molecule has 2 rings (SSSR count). The Morgan fingerprint density at radius 3 is 2.55 bits per heavy atom. The van der Waals surface area contributed by atoms with E-state index in [1.165, 1.54) is 0 Å². The highest BCUT2D eigenvalue weighted by Crippen LogP contribution is 2.16. The summed E-state index contributed by atoms with van der Waals surface area (Å²) in [4.78, 5) is 12.0. The van der Waals surface area contributed by atoms with Crippen LogP contribution in [0.4, 0.5) is 0 Å². The van der Waals surface area contributed by atoms with Crippen LogP contribution in [-0.2, 0) is 14.8 Å². The third-order valence-electron chi connectivity index (χ3n) is 4.03. The molecule has 0 radical (unpaired) electrons. The van der Waals surface area contributed by atoms with Gasteiger partial charge in [0.15, 0.2) is 0 Å². The average Bonchev–Trinajstić information content (AvgIpc) is 2.93. The number of carbonyl (C=O) groups excluding carboxylic acids is 1. The van der Waals surface area contributed by atoms with Gasteiger partial charge in [0.05, 0.1) is 11.8 Å². The summed E-state index contributed by atoms with van der Waals surface area (Å²) < 4.78 is 25.5. The summed E-state index contributed by atoms with van der Waals surface area (Å²) in [6.07, 6.45) is 4.01. The predicted molar refractivity (Wildman–Crippen MR) is 77.8 cm³/mol. The zero-order valence-electron chi connectivity index (χ0n) is 12.1. The maximum absolute atomic E-state index is 12.0. The number of carbonyl (C=O) groups is 1. The minimum absolute atomic E-state index is 0.0585. The van der Waals surface area contributed by atoms with Crippen molar-refractivity contribution in [1.82, 2.24) is 14.9 Å². The topological polar surface area (TPSA) is 78.5 Å². The molecule has 0 spiro atoms. The molecule has 0 bridgehead atoms. The first kappa shape index (κ1) is 15.7. The third-order valence-corrected chi connectivity index (χ3v) is 6.11. The van der Waals surface area contributed by atoms with Crippen molar-refractivity contribution < 1.29 is 13.2 Å². The van der Waals surface area contributed by atoms with E-state index in [1.807, 2.05) is 6.92 Å². The normalized spacial score (nSPS) is 25.8. The Bertz CT molecular complexity index is 424. The number of amides is 1. The molecule has 7 heteroatoms. The third kappa shape index (κ3) is 3.93. The minimum Gasteiger partial charge on any atom is -0.352 e. The van der Waals surface area contributed by atoms with Gasteiger partial charge in [-0.15, -0.1) is 0 Å². The van der Waals surface area contributed by atoms with Crippen molar-refractivity contribution >= 4 is 15.9 Å². The molecule has 0 unspecified atom stereocenters. The first-order valence-electron chi connectivity index (χ1n) is 7.54. The van der Waals surface area contributed by atoms with Gasteiger partial charge in [0.1, 0.15) is 0 Å². The fourth-order valence-electron chi connectivity index (χ4n) is 2.88. The van der Waals surface area contributed by atoms with Crippen molar-refractivity contribution in [2.24, 2.45) is 0 Å². The molecule has 2 N–H and O–H groups in total. The molecular formula is C13H25N3O3S. The van der Waals surface area contributed by atoms with Crippen LogP contribution in [0, 0.1) is 0 Å². The summed E-state index contributed by atoms with van der Waals surface area (Å²) in [5, 5.41) is 6.22. The van der Waals surface area contributed by atoms with E-state index in [0.29, 0.717) is 32.4 Å². The quantitative estimate of drug-likeness (QED) is 0.753. The van der Waals surface area contributed by atoms with Crippen LogP contribution in [0.15, 0.2) is 0 Å². The molecule has 0 aromatic rings. The molecule has 2 aliphatic heterocycles. The van der Waals surface area contributed by atoms with E-state index in [9.17, 15) is 13.2 Å². The van der Waals surface area contributed by atoms with Gasteiger partial charge in [-0.25, -0.2) is 12.7 Å². The SMILES string of the molecule is CCCS(=O)(=O)N1CCC(NC(=O)[C@@H]2CCCN2)CC1. The van der Waals surface area contributed by atoms with Crippen LogP contribution in [0.25, 0.3) is 0 Å². The lowest BCUT2D eigenvalue weighted by atomic mass is 10.1. The van der Waals surface area contributed by atoms with Gasteiger partial charge < -0.3 is 10.6 Å². The predicted octanol–water partition coefficient (Wildman–Crippen LogP) is 0.0588. The van der Waals surface area contributed by atoms with Gasteiger partial charge in [0, 0.05) is 19.1 Å². The summed E-state index contributed by atoms with van der Waals surface area (Å²) >= 11 is 0. The lowest BCUT2D eigenvalue weighted by Crippen LogP contribution is -2.50. The highest BCUT2D eigenvalue weighted by molar-refractivity contribution is 7.89. The first-order chi connectivity index (χ1) is 9.53. The van der Waals surface area contributed by atoms with Gasteiger partial charge in [-0.3, -0.25) is 4.79 Å². The second kappa shape index (κ2) is 6.87. The maximum Gasteiger partial charge on any atom is 0.237 e. The van der Waals surface area contributed by atoms with Gasteiger partial charge in [0.2, 0.25) is 15.9 Å². The zero-order valence-corrected chi connectivity index (χ0v) is 12.9. The molecule has 0 aromatic heterocycles. The van der Waals surface area contributed by atoms with E-state index in [2.05, 4.69) is 10.6 Å². The van der Waals surface area contributed by atoms with Crippen LogP contribution >= 0.6 is 0 Å². The van der Waals surface area contributed by atoms with E-state index in [-0.39, 0.29) is 23.7 Å². The number of piperidine rings is 1. The van der Waals surface area contributed by atoms with Gasteiger partial charge in [0.25, 0.3) is 0 Å². The minimum atomic E-state index is -3.09. The van der Waals surface area contributed by atoms with Crippen LogP contribution in [-0.4, -0.2) is 56.1 Å². The van der Waals surface area contributed by atoms with Gasteiger partial charge in [-0.2, -0.15) is 0 Å². The molecule has 0 saturated carbocycles. The van der Waals surface area contributed by atoms with E-state index < -0.39 is 10.0 Å². The number of hydrogen-bond acceptors (Lipinski definition) is 4. The zero-order chi connectivity index (χ0) is 14.6. The van der Waals surface area contributed by atoms with Crippen LogP contribution in [0.5, 0.6) is 0 Å². The Kier molecular flexibility index (Phi) is 5.40. The van der Waals surface area contributed by atoms with Gasteiger partial charge in [-0.1, -0.05) is 6.92 Å². The molecule has 2 aliphatic rings. The number of sulfonamides is 1. The lowest BCUT2D eigenvalue weighted by molar-refractivity contribution is -0.123. The van der Waals surface area contributed by atoms with Crippen molar-refractivity contribution in [1.29, 1.82) is 0 Å². The highest BCUT2D eigenvalue weighted by atomic mass is 32.2. The van der Waals surface area contributed by atoms with E-state index in [4.69, 9.17) is 0 Å². The van der Waals surface area contributed by atoms with Crippen LogP contribution in [0.3, 0.4) is 0 Å². The number of nitrogens with one attached hydrogen (secondary N) is 2. The molecule has 2 heterocycles. The molecule has 1 amide bonds. The number of nitrogens with zero attached hydrogens (tertiary/aromatic N) is 1. The standard InChI is InChI=1S/C13H25N3O3S/c1-2-10-20(18,19)16-8-5-11(6-9-16)15-13(17)12-4-3-7-14-12/h11-12,14H,2-10H2,1H3,(H,15,17)/t12-/m0/s1. The second-order valence-corrected chi connectivity index (χ2v) is 7.74. The molecule has 0 aromatic carbocycles. The fourth-order valence-corrected chi connectivity index (χ4v) is 4.42. The summed E-state index contributed by atoms with van der Waals surface area (Å²) in [5.74, 6) is 0.285. The van der Waals surface area contributed by atoms with Crippen molar-refractivity contribution in [3.05, 3.63) is 0 Å². The molecule has 116 valence electrons. The maximum atomic E-state index is 12.0. The summed E-state index contributed by atoms with van der Waals surface area (Å²) in [6.45, 7) is 3.82. The summed E-state index contributed by atoms with van der Waals surface area (Å²) in [7, 11) is -3.09. The highest BCUT2D eigenvalue weighted by Gasteiger charge is 2.30. The van der Waals surface area contributed by atoms with Crippen LogP contribution < -0.4 is 10.6 Å². The van der Waals surface area contributed by atoms with Gasteiger partial charge in [-0.05, 0) is 38.6 Å². The van der Waals surface area contributed by atoms with Crippen molar-refractivity contribution in [3.8, 4) is 0 Å². The number of rotatable bonds is 5. The molecule has 1 atom stereocenters. The van der Waals surface area contributed by atoms with Crippen molar-refractivity contribution in [2.45, 2.75) is 51.1 Å². The van der Waals surface area contributed by atoms with Gasteiger partial charge >= 0.3 is 0 Å². The average molecular weight is 303 g/mol. The Morgan fingerprint density at radius 1 is 1.30 bits per heavy atom.